The molecular weight excluding hydrogens is 364 g/mol. The first-order chi connectivity index (χ1) is 14.2. The molecule has 1 aromatic heterocycles. The monoisotopic (exact) mass is 390 g/mol. The standard InChI is InChI=1S/C24H26N2O3/c1-3-4-17-29-22-10-6-5-9-21(22)24(27)26(23-11-7-8-16-25-23)18-19-12-14-20(28-2)15-13-19/h5-16H,3-4,17-18H2,1-2H3. The minimum absolute atomic E-state index is 0.147. The van der Waals surface area contributed by atoms with Gasteiger partial charge in [-0.1, -0.05) is 43.7 Å². The lowest BCUT2D eigenvalue weighted by molar-refractivity contribution is 0.0980. The van der Waals surface area contributed by atoms with Crippen LogP contribution in [0.15, 0.2) is 72.9 Å². The number of anilines is 1. The van der Waals surface area contributed by atoms with Crippen LogP contribution in [0, 0.1) is 0 Å². The summed E-state index contributed by atoms with van der Waals surface area (Å²) in [7, 11) is 1.63. The highest BCUT2D eigenvalue weighted by molar-refractivity contribution is 6.07. The van der Waals surface area contributed by atoms with Gasteiger partial charge in [0.2, 0.25) is 0 Å². The van der Waals surface area contributed by atoms with Crippen LogP contribution in [-0.2, 0) is 6.54 Å². The molecule has 0 unspecified atom stereocenters. The molecule has 5 nitrogen and oxygen atoms in total. The molecule has 0 N–H and O–H groups in total. The summed E-state index contributed by atoms with van der Waals surface area (Å²) in [5.41, 5.74) is 1.51. The summed E-state index contributed by atoms with van der Waals surface area (Å²) in [5, 5.41) is 0. The van der Waals surface area contributed by atoms with E-state index in [1.165, 1.54) is 0 Å². The number of hydrogen-bond donors (Lipinski definition) is 0. The van der Waals surface area contributed by atoms with Crippen molar-refractivity contribution in [3.63, 3.8) is 0 Å². The molecule has 0 spiro atoms. The highest BCUT2D eigenvalue weighted by atomic mass is 16.5. The molecule has 150 valence electrons. The van der Waals surface area contributed by atoms with Crippen molar-refractivity contribution in [2.45, 2.75) is 26.3 Å². The van der Waals surface area contributed by atoms with Crippen LogP contribution in [0.4, 0.5) is 5.82 Å². The fourth-order valence-corrected chi connectivity index (χ4v) is 2.92. The number of nitrogens with zero attached hydrogens (tertiary/aromatic N) is 2. The van der Waals surface area contributed by atoms with Gasteiger partial charge in [0.15, 0.2) is 0 Å². The topological polar surface area (TPSA) is 51.7 Å². The number of benzene rings is 2. The Balaban J connectivity index is 1.91. The van der Waals surface area contributed by atoms with Crippen LogP contribution in [0.2, 0.25) is 0 Å². The molecule has 1 amide bonds. The molecular formula is C24H26N2O3. The predicted molar refractivity (Wildman–Crippen MR) is 115 cm³/mol. The highest BCUT2D eigenvalue weighted by Crippen LogP contribution is 2.25. The largest absolute Gasteiger partial charge is 0.497 e. The van der Waals surface area contributed by atoms with Gasteiger partial charge in [0.05, 0.1) is 25.8 Å². The van der Waals surface area contributed by atoms with Crippen molar-refractivity contribution < 1.29 is 14.3 Å². The molecule has 3 aromatic rings. The van der Waals surface area contributed by atoms with Crippen molar-refractivity contribution in [2.24, 2.45) is 0 Å². The summed E-state index contributed by atoms with van der Waals surface area (Å²) in [6.07, 6.45) is 3.67. The quantitative estimate of drug-likeness (QED) is 0.476. The Morgan fingerprint density at radius 2 is 1.76 bits per heavy atom. The molecule has 29 heavy (non-hydrogen) atoms. The zero-order chi connectivity index (χ0) is 20.5. The van der Waals surface area contributed by atoms with E-state index in [9.17, 15) is 4.79 Å². The Morgan fingerprint density at radius 3 is 2.45 bits per heavy atom. The zero-order valence-electron chi connectivity index (χ0n) is 16.9. The smallest absolute Gasteiger partial charge is 0.263 e. The number of ether oxygens (including phenoxy) is 2. The van der Waals surface area contributed by atoms with Crippen LogP contribution in [0.3, 0.4) is 0 Å². The summed E-state index contributed by atoms with van der Waals surface area (Å²) in [4.78, 5) is 19.6. The van der Waals surface area contributed by atoms with Crippen LogP contribution < -0.4 is 14.4 Å². The highest BCUT2D eigenvalue weighted by Gasteiger charge is 2.22. The van der Waals surface area contributed by atoms with Crippen molar-refractivity contribution >= 4 is 11.7 Å². The van der Waals surface area contributed by atoms with E-state index >= 15 is 0 Å². The lowest BCUT2D eigenvalue weighted by Crippen LogP contribution is -2.31. The Hall–Kier alpha value is -3.34. The van der Waals surface area contributed by atoms with Gasteiger partial charge in [-0.3, -0.25) is 9.69 Å². The molecule has 0 aliphatic rings. The lowest BCUT2D eigenvalue weighted by atomic mass is 10.1. The molecule has 0 atom stereocenters. The van der Waals surface area contributed by atoms with Gasteiger partial charge in [0.25, 0.3) is 5.91 Å². The van der Waals surface area contributed by atoms with E-state index in [0.29, 0.717) is 30.3 Å². The summed E-state index contributed by atoms with van der Waals surface area (Å²) >= 11 is 0. The van der Waals surface area contributed by atoms with E-state index in [1.807, 2.05) is 60.7 Å². The van der Waals surface area contributed by atoms with Crippen LogP contribution >= 0.6 is 0 Å². The minimum atomic E-state index is -0.147. The number of amides is 1. The molecule has 0 radical (unpaired) electrons. The van der Waals surface area contributed by atoms with Gasteiger partial charge < -0.3 is 9.47 Å². The SMILES string of the molecule is CCCCOc1ccccc1C(=O)N(Cc1ccc(OC)cc1)c1ccccn1. The van der Waals surface area contributed by atoms with Crippen molar-refractivity contribution in [2.75, 3.05) is 18.6 Å². The van der Waals surface area contributed by atoms with E-state index < -0.39 is 0 Å². The third-order valence-electron chi connectivity index (χ3n) is 4.54. The van der Waals surface area contributed by atoms with Gasteiger partial charge in [-0.25, -0.2) is 4.98 Å². The maximum absolute atomic E-state index is 13.5. The Morgan fingerprint density at radius 1 is 1.00 bits per heavy atom. The van der Waals surface area contributed by atoms with Gasteiger partial charge in [0, 0.05) is 6.20 Å². The number of unbranched alkanes of at least 4 members (excludes halogenated alkanes) is 1. The van der Waals surface area contributed by atoms with Crippen LogP contribution in [0.5, 0.6) is 11.5 Å². The average Bonchev–Trinajstić information content (AvgIpc) is 2.78. The molecule has 5 heteroatoms. The number of rotatable bonds is 9. The van der Waals surface area contributed by atoms with E-state index in [2.05, 4.69) is 11.9 Å². The van der Waals surface area contributed by atoms with Crippen LogP contribution in [0.1, 0.15) is 35.7 Å². The summed E-state index contributed by atoms with van der Waals surface area (Å²) in [5.74, 6) is 1.82. The minimum Gasteiger partial charge on any atom is -0.497 e. The third-order valence-corrected chi connectivity index (χ3v) is 4.54. The fraction of sp³-hybridized carbons (Fsp3) is 0.250. The molecule has 0 aliphatic carbocycles. The second-order valence-electron chi connectivity index (χ2n) is 6.63. The maximum atomic E-state index is 13.5. The van der Waals surface area contributed by atoms with Gasteiger partial charge >= 0.3 is 0 Å². The van der Waals surface area contributed by atoms with Gasteiger partial charge in [0.1, 0.15) is 17.3 Å². The molecule has 0 saturated carbocycles. The number of aromatic nitrogens is 1. The molecule has 1 heterocycles. The predicted octanol–water partition coefficient (Wildman–Crippen LogP) is 5.12. The van der Waals surface area contributed by atoms with Gasteiger partial charge in [-0.2, -0.15) is 0 Å². The van der Waals surface area contributed by atoms with E-state index in [4.69, 9.17) is 9.47 Å². The third kappa shape index (κ3) is 5.35. The molecule has 0 bridgehead atoms. The fourth-order valence-electron chi connectivity index (χ4n) is 2.92. The summed E-state index contributed by atoms with van der Waals surface area (Å²) in [6.45, 7) is 3.09. The maximum Gasteiger partial charge on any atom is 0.263 e. The number of para-hydroxylation sites is 1. The van der Waals surface area contributed by atoms with Crippen LogP contribution in [0.25, 0.3) is 0 Å². The first-order valence-electron chi connectivity index (χ1n) is 9.80. The second-order valence-corrected chi connectivity index (χ2v) is 6.63. The van der Waals surface area contributed by atoms with Gasteiger partial charge in [-0.15, -0.1) is 0 Å². The molecule has 2 aromatic carbocycles. The number of carbonyl (C=O) groups excluding carboxylic acids is 1. The van der Waals surface area contributed by atoms with E-state index in [-0.39, 0.29) is 5.91 Å². The number of methoxy groups -OCH3 is 1. The molecule has 0 fully saturated rings. The molecule has 0 aliphatic heterocycles. The van der Waals surface area contributed by atoms with Crippen molar-refractivity contribution in [1.82, 2.24) is 4.98 Å². The first-order valence-corrected chi connectivity index (χ1v) is 9.80. The Labute approximate surface area is 171 Å². The van der Waals surface area contributed by atoms with E-state index in [0.717, 1.165) is 24.2 Å². The zero-order valence-corrected chi connectivity index (χ0v) is 16.9. The Bertz CT molecular complexity index is 911. The average molecular weight is 390 g/mol. The second kappa shape index (κ2) is 10.3. The molecule has 0 saturated heterocycles. The normalized spacial score (nSPS) is 10.4. The van der Waals surface area contributed by atoms with Crippen molar-refractivity contribution in [1.29, 1.82) is 0 Å². The summed E-state index contributed by atoms with van der Waals surface area (Å²) < 4.78 is 11.1. The van der Waals surface area contributed by atoms with Crippen molar-refractivity contribution in [3.05, 3.63) is 84.1 Å². The van der Waals surface area contributed by atoms with E-state index in [1.54, 1.807) is 24.3 Å². The number of pyridine rings is 1. The van der Waals surface area contributed by atoms with Gasteiger partial charge in [-0.05, 0) is 48.4 Å². The number of carbonyl (C=O) groups is 1. The lowest BCUT2D eigenvalue weighted by Gasteiger charge is -2.23. The van der Waals surface area contributed by atoms with Crippen LogP contribution in [-0.4, -0.2) is 24.6 Å². The first kappa shape index (κ1) is 20.4. The summed E-state index contributed by atoms with van der Waals surface area (Å²) in [6, 6.07) is 20.6. The number of hydrogen-bond acceptors (Lipinski definition) is 4. The van der Waals surface area contributed by atoms with Crippen molar-refractivity contribution in [3.8, 4) is 11.5 Å². The Kier molecular flexibility index (Phi) is 7.22. The molecule has 3 rings (SSSR count).